The van der Waals surface area contributed by atoms with Gasteiger partial charge in [-0.2, -0.15) is 10.1 Å². The summed E-state index contributed by atoms with van der Waals surface area (Å²) in [6, 6.07) is 8.82. The molecule has 13 heavy (non-hydrogen) atoms. The molecule has 0 bridgehead atoms. The second kappa shape index (κ2) is 2.82. The summed E-state index contributed by atoms with van der Waals surface area (Å²) >= 11 is 0. The molecule has 1 heterocycles. The first-order chi connectivity index (χ1) is 6.29. The van der Waals surface area contributed by atoms with Gasteiger partial charge in [-0.05, 0) is 12.1 Å². The Kier molecular flexibility index (Phi) is 1.66. The Morgan fingerprint density at radius 2 is 1.77 bits per heavy atom. The molecule has 0 aliphatic carbocycles. The van der Waals surface area contributed by atoms with Crippen molar-refractivity contribution in [2.24, 2.45) is 5.10 Å². The Morgan fingerprint density at radius 3 is 2.31 bits per heavy atom. The molecular weight excluding hydrogens is 168 g/mol. The number of rotatable bonds is 1. The molecule has 64 valence electrons. The first-order valence-corrected chi connectivity index (χ1v) is 3.76. The standard InChI is InChI=1S/C9H6N2O2/c12-8-6-10-11(9(8)13)7-4-2-1-3-5-7/h1-6H. The molecule has 0 saturated carbocycles. The minimum Gasteiger partial charge on any atom is -0.282 e. The lowest BCUT2D eigenvalue weighted by molar-refractivity contribution is -0.131. The number of para-hydroxylation sites is 1. The van der Waals surface area contributed by atoms with Crippen LogP contribution in [0.2, 0.25) is 0 Å². The molecule has 2 rings (SSSR count). The van der Waals surface area contributed by atoms with Gasteiger partial charge >= 0.3 is 5.91 Å². The van der Waals surface area contributed by atoms with Crippen molar-refractivity contribution in [1.29, 1.82) is 0 Å². The summed E-state index contributed by atoms with van der Waals surface area (Å²) in [6.45, 7) is 0. The van der Waals surface area contributed by atoms with Gasteiger partial charge in [0.1, 0.15) is 6.21 Å². The van der Waals surface area contributed by atoms with Crippen LogP contribution in [-0.2, 0) is 9.59 Å². The number of hydrogen-bond acceptors (Lipinski definition) is 3. The molecule has 0 unspecified atom stereocenters. The number of nitrogens with zero attached hydrogens (tertiary/aromatic N) is 2. The van der Waals surface area contributed by atoms with E-state index in [1.54, 1.807) is 24.3 Å². The molecule has 0 radical (unpaired) electrons. The Hall–Kier alpha value is -1.97. The summed E-state index contributed by atoms with van der Waals surface area (Å²) in [5.74, 6) is -1.19. The van der Waals surface area contributed by atoms with E-state index in [4.69, 9.17) is 0 Å². The molecule has 4 nitrogen and oxygen atoms in total. The van der Waals surface area contributed by atoms with Crippen molar-refractivity contribution in [2.45, 2.75) is 0 Å². The number of anilines is 1. The van der Waals surface area contributed by atoms with Gasteiger partial charge in [0.05, 0.1) is 5.69 Å². The average Bonchev–Trinajstić information content (AvgIpc) is 2.49. The summed E-state index contributed by atoms with van der Waals surface area (Å²) in [5.41, 5.74) is 0.606. The number of carbonyl (C=O) groups is 2. The molecule has 1 amide bonds. The average molecular weight is 174 g/mol. The van der Waals surface area contributed by atoms with E-state index in [2.05, 4.69) is 5.10 Å². The van der Waals surface area contributed by atoms with Crippen LogP contribution in [0, 0.1) is 0 Å². The first kappa shape index (κ1) is 7.67. The van der Waals surface area contributed by atoms with Gasteiger partial charge in [-0.3, -0.25) is 9.59 Å². The van der Waals surface area contributed by atoms with E-state index in [0.717, 1.165) is 11.2 Å². The number of amides is 1. The van der Waals surface area contributed by atoms with Crippen LogP contribution >= 0.6 is 0 Å². The zero-order chi connectivity index (χ0) is 9.26. The fourth-order valence-corrected chi connectivity index (χ4v) is 1.08. The van der Waals surface area contributed by atoms with E-state index in [1.165, 1.54) is 0 Å². The Bertz CT molecular complexity index is 384. The summed E-state index contributed by atoms with van der Waals surface area (Å²) in [6.07, 6.45) is 1.02. The van der Waals surface area contributed by atoms with Gasteiger partial charge in [-0.1, -0.05) is 18.2 Å². The van der Waals surface area contributed by atoms with Crippen LogP contribution in [-0.4, -0.2) is 17.9 Å². The second-order valence-electron chi connectivity index (χ2n) is 2.56. The van der Waals surface area contributed by atoms with Crippen LogP contribution < -0.4 is 5.01 Å². The molecule has 0 saturated heterocycles. The minimum absolute atomic E-state index is 0.580. The Morgan fingerprint density at radius 1 is 1.08 bits per heavy atom. The first-order valence-electron chi connectivity index (χ1n) is 3.76. The second-order valence-corrected chi connectivity index (χ2v) is 2.56. The molecule has 1 aromatic rings. The quantitative estimate of drug-likeness (QED) is 0.585. The Labute approximate surface area is 74.5 Å². The molecule has 4 heteroatoms. The SMILES string of the molecule is O=C1C=NN(c2ccccc2)C1=O. The van der Waals surface area contributed by atoms with Gasteiger partial charge in [0.15, 0.2) is 0 Å². The third-order valence-corrected chi connectivity index (χ3v) is 1.69. The number of carbonyl (C=O) groups excluding carboxylic acids is 2. The molecule has 0 spiro atoms. The third kappa shape index (κ3) is 1.22. The maximum absolute atomic E-state index is 11.2. The highest BCUT2D eigenvalue weighted by molar-refractivity contribution is 6.63. The summed E-state index contributed by atoms with van der Waals surface area (Å²) in [5, 5.41) is 4.76. The van der Waals surface area contributed by atoms with E-state index >= 15 is 0 Å². The van der Waals surface area contributed by atoms with Crippen LogP contribution in [0.1, 0.15) is 0 Å². The predicted octanol–water partition coefficient (Wildman–Crippen LogP) is 0.588. The highest BCUT2D eigenvalue weighted by Crippen LogP contribution is 2.15. The van der Waals surface area contributed by atoms with Gasteiger partial charge in [0.25, 0.3) is 5.78 Å². The maximum atomic E-state index is 11.2. The number of hydrogen-bond donors (Lipinski definition) is 0. The number of hydrazone groups is 1. The Balaban J connectivity index is 2.35. The van der Waals surface area contributed by atoms with Gasteiger partial charge in [-0.25, -0.2) is 0 Å². The van der Waals surface area contributed by atoms with E-state index in [-0.39, 0.29) is 0 Å². The van der Waals surface area contributed by atoms with Crippen LogP contribution in [0.15, 0.2) is 35.4 Å². The van der Waals surface area contributed by atoms with Gasteiger partial charge in [-0.15, -0.1) is 0 Å². The van der Waals surface area contributed by atoms with E-state index in [9.17, 15) is 9.59 Å². The van der Waals surface area contributed by atoms with Crippen LogP contribution in [0.25, 0.3) is 0 Å². The summed E-state index contributed by atoms with van der Waals surface area (Å²) in [4.78, 5) is 22.0. The van der Waals surface area contributed by atoms with Crippen molar-refractivity contribution in [3.8, 4) is 0 Å². The van der Waals surface area contributed by atoms with Crippen molar-refractivity contribution in [3.63, 3.8) is 0 Å². The summed E-state index contributed by atoms with van der Waals surface area (Å²) in [7, 11) is 0. The maximum Gasteiger partial charge on any atom is 0.320 e. The molecule has 0 fully saturated rings. The number of Topliss-reactive ketones (excluding diaryl/α,β-unsaturated/α-hetero) is 1. The molecule has 1 aromatic carbocycles. The molecular formula is C9H6N2O2. The highest BCUT2D eigenvalue weighted by atomic mass is 16.2. The fraction of sp³-hybridized carbons (Fsp3) is 0. The monoisotopic (exact) mass is 174 g/mol. The smallest absolute Gasteiger partial charge is 0.282 e. The minimum atomic E-state index is -0.605. The molecule has 1 aliphatic rings. The largest absolute Gasteiger partial charge is 0.320 e. The molecule has 1 aliphatic heterocycles. The van der Waals surface area contributed by atoms with E-state index < -0.39 is 11.7 Å². The lowest BCUT2D eigenvalue weighted by Crippen LogP contribution is -2.25. The van der Waals surface area contributed by atoms with Crippen LogP contribution in [0.4, 0.5) is 5.69 Å². The summed E-state index contributed by atoms with van der Waals surface area (Å²) < 4.78 is 0. The van der Waals surface area contributed by atoms with Crippen molar-refractivity contribution >= 4 is 23.6 Å². The number of ketones is 1. The normalized spacial score (nSPS) is 15.5. The third-order valence-electron chi connectivity index (χ3n) is 1.69. The predicted molar refractivity (Wildman–Crippen MR) is 47.4 cm³/mol. The van der Waals surface area contributed by atoms with Crippen molar-refractivity contribution < 1.29 is 9.59 Å². The van der Waals surface area contributed by atoms with Crippen molar-refractivity contribution in [2.75, 3.05) is 5.01 Å². The molecule has 0 N–H and O–H groups in total. The lowest BCUT2D eigenvalue weighted by Gasteiger charge is -2.09. The fourth-order valence-electron chi connectivity index (χ4n) is 1.08. The van der Waals surface area contributed by atoms with Gasteiger partial charge < -0.3 is 0 Å². The van der Waals surface area contributed by atoms with E-state index in [0.29, 0.717) is 5.69 Å². The van der Waals surface area contributed by atoms with Gasteiger partial charge in [0, 0.05) is 0 Å². The zero-order valence-electron chi connectivity index (χ0n) is 6.68. The van der Waals surface area contributed by atoms with E-state index in [1.807, 2.05) is 6.07 Å². The lowest BCUT2D eigenvalue weighted by atomic mass is 10.3. The highest BCUT2D eigenvalue weighted by Gasteiger charge is 2.26. The topological polar surface area (TPSA) is 49.7 Å². The zero-order valence-corrected chi connectivity index (χ0v) is 6.68. The van der Waals surface area contributed by atoms with Crippen LogP contribution in [0.3, 0.4) is 0 Å². The van der Waals surface area contributed by atoms with Crippen molar-refractivity contribution in [3.05, 3.63) is 30.3 Å². The number of benzene rings is 1. The molecule has 0 atom stereocenters. The van der Waals surface area contributed by atoms with Gasteiger partial charge in [0.2, 0.25) is 0 Å². The molecule has 0 aromatic heterocycles. The van der Waals surface area contributed by atoms with Crippen LogP contribution in [0.5, 0.6) is 0 Å². The van der Waals surface area contributed by atoms with Crippen molar-refractivity contribution in [1.82, 2.24) is 0 Å².